The zero-order chi connectivity index (χ0) is 15.8. The molecule has 0 bridgehead atoms. The lowest BCUT2D eigenvalue weighted by Gasteiger charge is -2.01. The van der Waals surface area contributed by atoms with Crippen molar-refractivity contribution in [1.82, 2.24) is 0 Å². The van der Waals surface area contributed by atoms with Gasteiger partial charge in [-0.05, 0) is 24.3 Å². The second-order valence-electron chi connectivity index (χ2n) is 3.49. The van der Waals surface area contributed by atoms with E-state index in [0.29, 0.717) is 5.75 Å². The molecular weight excluding hydrogens is 304 g/mol. The van der Waals surface area contributed by atoms with E-state index in [2.05, 4.69) is 23.3 Å². The first-order chi connectivity index (χ1) is 9.19. The van der Waals surface area contributed by atoms with Crippen molar-refractivity contribution in [3.8, 4) is 5.75 Å². The Labute approximate surface area is 121 Å². The van der Waals surface area contributed by atoms with Crippen LogP contribution in [0.25, 0.3) is 0 Å². The summed E-state index contributed by atoms with van der Waals surface area (Å²) in [4.78, 5) is 12.1. The molecule has 0 amide bonds. The van der Waals surface area contributed by atoms with E-state index >= 15 is 0 Å². The van der Waals surface area contributed by atoms with Crippen LogP contribution >= 0.6 is 0 Å². The van der Waals surface area contributed by atoms with Gasteiger partial charge in [0.2, 0.25) is 10.4 Å². The fraction of sp³-hybridized carbons (Fsp3) is 0.250. The number of hydrogen-bond acceptors (Lipinski definition) is 6. The maximum absolute atomic E-state index is 10.9. The maximum atomic E-state index is 10.9. The number of hydrogen-bond donors (Lipinski definition) is 0. The molecule has 1 rings (SSSR count). The van der Waals surface area contributed by atoms with E-state index in [-0.39, 0.29) is 10.9 Å². The van der Waals surface area contributed by atoms with Crippen LogP contribution < -0.4 is 4.74 Å². The Morgan fingerprint density at radius 3 is 2.05 bits per heavy atom. The highest BCUT2D eigenvalue weighted by molar-refractivity contribution is 7.95. The maximum Gasteiger partial charge on any atom is 0.335 e. The Morgan fingerprint density at radius 2 is 1.75 bits per heavy atom. The van der Waals surface area contributed by atoms with Gasteiger partial charge >= 0.3 is 5.97 Å². The van der Waals surface area contributed by atoms with Gasteiger partial charge in [0.1, 0.15) is 18.3 Å². The summed E-state index contributed by atoms with van der Waals surface area (Å²) in [7, 11) is -3.37. The van der Waals surface area contributed by atoms with Crippen LogP contribution in [0.1, 0.15) is 0 Å². The lowest BCUT2D eigenvalue weighted by molar-refractivity contribution is -0.128. The van der Waals surface area contributed by atoms with E-state index in [0.717, 1.165) is 13.2 Å². The van der Waals surface area contributed by atoms with Crippen LogP contribution in [-0.2, 0) is 30.3 Å². The SMILES string of the molecule is C=CC(=O)Oc1ccc([S+](C)C)cc1.COS(=O)(=O)[O-]. The smallest absolute Gasteiger partial charge is 0.335 e. The Balaban J connectivity index is 0.000000511. The van der Waals surface area contributed by atoms with E-state index < -0.39 is 16.4 Å². The molecule has 0 fully saturated rings. The molecule has 0 aliphatic carbocycles. The van der Waals surface area contributed by atoms with Gasteiger partial charge in [0, 0.05) is 17.0 Å². The number of rotatable bonds is 4. The molecular formula is C12H16O6S2. The Bertz CT molecular complexity index is 534. The van der Waals surface area contributed by atoms with Gasteiger partial charge in [-0.2, -0.15) is 0 Å². The van der Waals surface area contributed by atoms with E-state index in [1.165, 1.54) is 4.90 Å². The van der Waals surface area contributed by atoms with Crippen LogP contribution in [0.2, 0.25) is 0 Å². The average molecular weight is 320 g/mol. The topological polar surface area (TPSA) is 92.7 Å². The molecule has 1 aromatic carbocycles. The predicted molar refractivity (Wildman–Crippen MR) is 76.5 cm³/mol. The highest BCUT2D eigenvalue weighted by Crippen LogP contribution is 2.15. The largest absolute Gasteiger partial charge is 0.726 e. The monoisotopic (exact) mass is 320 g/mol. The van der Waals surface area contributed by atoms with Crippen molar-refractivity contribution in [2.45, 2.75) is 4.90 Å². The first-order valence-electron chi connectivity index (χ1n) is 5.23. The second-order valence-corrected chi connectivity index (χ2v) is 6.74. The third-order valence-electron chi connectivity index (χ3n) is 1.88. The summed E-state index contributed by atoms with van der Waals surface area (Å²) in [6, 6.07) is 7.52. The zero-order valence-corrected chi connectivity index (χ0v) is 13.0. The molecule has 0 aromatic heterocycles. The van der Waals surface area contributed by atoms with Crippen molar-refractivity contribution in [3.63, 3.8) is 0 Å². The quantitative estimate of drug-likeness (QED) is 0.206. The van der Waals surface area contributed by atoms with E-state index in [9.17, 15) is 17.8 Å². The summed E-state index contributed by atoms with van der Waals surface area (Å²) in [6.45, 7) is 3.33. The lowest BCUT2D eigenvalue weighted by atomic mass is 10.3. The number of carbonyl (C=O) groups excluding carboxylic acids is 1. The molecule has 0 heterocycles. The van der Waals surface area contributed by atoms with Gasteiger partial charge < -0.3 is 9.29 Å². The van der Waals surface area contributed by atoms with Gasteiger partial charge in [-0.1, -0.05) is 6.58 Å². The van der Waals surface area contributed by atoms with Crippen molar-refractivity contribution in [2.75, 3.05) is 19.6 Å². The normalized spacial score (nSPS) is 10.4. The number of benzene rings is 1. The molecule has 0 radical (unpaired) electrons. The highest BCUT2D eigenvalue weighted by atomic mass is 32.3. The summed E-state index contributed by atoms with van der Waals surface area (Å²) >= 11 is 0. The van der Waals surface area contributed by atoms with Gasteiger partial charge in [0.15, 0.2) is 4.90 Å². The Hall–Kier alpha value is -1.35. The third kappa shape index (κ3) is 8.70. The molecule has 20 heavy (non-hydrogen) atoms. The van der Waals surface area contributed by atoms with E-state index in [1.54, 1.807) is 12.1 Å². The molecule has 8 heteroatoms. The molecule has 0 aliphatic heterocycles. The molecule has 0 N–H and O–H groups in total. The van der Waals surface area contributed by atoms with Crippen LogP contribution in [0, 0.1) is 0 Å². The summed E-state index contributed by atoms with van der Waals surface area (Å²) < 4.78 is 36.0. The van der Waals surface area contributed by atoms with Crippen LogP contribution in [0.15, 0.2) is 41.8 Å². The molecule has 0 aliphatic rings. The van der Waals surface area contributed by atoms with E-state index in [4.69, 9.17) is 4.74 Å². The Kier molecular flexibility index (Phi) is 8.16. The van der Waals surface area contributed by atoms with Gasteiger partial charge in [-0.15, -0.1) is 0 Å². The average Bonchev–Trinajstić information content (AvgIpc) is 2.39. The minimum Gasteiger partial charge on any atom is -0.726 e. The number of ether oxygens (including phenoxy) is 1. The lowest BCUT2D eigenvalue weighted by Crippen LogP contribution is -2.03. The summed E-state index contributed by atoms with van der Waals surface area (Å²) in [5.74, 6) is 0.133. The fourth-order valence-corrected chi connectivity index (χ4v) is 1.62. The van der Waals surface area contributed by atoms with Crippen molar-refractivity contribution in [3.05, 3.63) is 36.9 Å². The molecule has 6 nitrogen and oxygen atoms in total. The number of carbonyl (C=O) groups is 1. The predicted octanol–water partition coefficient (Wildman–Crippen LogP) is 1.11. The first-order valence-corrected chi connectivity index (χ1v) is 8.60. The second kappa shape index (κ2) is 8.75. The minimum absolute atomic E-state index is 0.238. The van der Waals surface area contributed by atoms with Crippen LogP contribution in [-0.4, -0.2) is 38.6 Å². The van der Waals surface area contributed by atoms with Crippen LogP contribution in [0.4, 0.5) is 0 Å². The summed E-state index contributed by atoms with van der Waals surface area (Å²) in [6.07, 6.45) is 5.44. The fourth-order valence-electron chi connectivity index (χ4n) is 0.938. The van der Waals surface area contributed by atoms with E-state index in [1.807, 2.05) is 12.1 Å². The summed E-state index contributed by atoms with van der Waals surface area (Å²) in [5, 5.41) is 0. The van der Waals surface area contributed by atoms with Gasteiger partial charge in [-0.25, -0.2) is 13.2 Å². The van der Waals surface area contributed by atoms with Crippen molar-refractivity contribution >= 4 is 27.3 Å². The third-order valence-corrected chi connectivity index (χ3v) is 3.51. The molecule has 0 atom stereocenters. The molecule has 1 aromatic rings. The van der Waals surface area contributed by atoms with Crippen molar-refractivity contribution < 1.29 is 26.7 Å². The molecule has 0 saturated carbocycles. The minimum atomic E-state index is -4.41. The molecule has 0 spiro atoms. The standard InChI is InChI=1S/C11H13O2S.CH4O4S/c1-4-11(12)13-9-5-7-10(8-6-9)14(2)3;1-5-6(2,3)4/h4-8H,1H2,2-3H3;1H3,(H,2,3,4)/q+1;/p-1. The Morgan fingerprint density at radius 1 is 1.30 bits per heavy atom. The van der Waals surface area contributed by atoms with Gasteiger partial charge in [0.25, 0.3) is 0 Å². The van der Waals surface area contributed by atoms with Crippen LogP contribution in [0.3, 0.4) is 0 Å². The molecule has 112 valence electrons. The van der Waals surface area contributed by atoms with Gasteiger partial charge in [0.05, 0.1) is 7.11 Å². The number of esters is 1. The highest BCUT2D eigenvalue weighted by Gasteiger charge is 2.08. The first kappa shape index (κ1) is 18.7. The molecule has 0 unspecified atom stereocenters. The van der Waals surface area contributed by atoms with Crippen LogP contribution in [0.5, 0.6) is 5.75 Å². The molecule has 0 saturated heterocycles. The summed E-state index contributed by atoms with van der Waals surface area (Å²) in [5.41, 5.74) is 0. The van der Waals surface area contributed by atoms with Gasteiger partial charge in [-0.3, -0.25) is 4.18 Å². The van der Waals surface area contributed by atoms with Crippen molar-refractivity contribution in [1.29, 1.82) is 0 Å². The zero-order valence-electron chi connectivity index (χ0n) is 11.4. The van der Waals surface area contributed by atoms with Crippen molar-refractivity contribution in [2.24, 2.45) is 0 Å².